The molecule has 0 radical (unpaired) electrons. The molecule has 0 spiro atoms. The van der Waals surface area contributed by atoms with Gasteiger partial charge in [-0.15, -0.1) is 0 Å². The summed E-state index contributed by atoms with van der Waals surface area (Å²) in [5.74, 6) is 0.179. The summed E-state index contributed by atoms with van der Waals surface area (Å²) in [7, 11) is 0. The van der Waals surface area contributed by atoms with Crippen molar-refractivity contribution in [3.05, 3.63) is 0 Å². The Labute approximate surface area is 79.3 Å². The molecule has 0 saturated carbocycles. The van der Waals surface area contributed by atoms with Crippen molar-refractivity contribution in [2.45, 2.75) is 32.4 Å². The average Bonchev–Trinajstić information content (AvgIpc) is 2.55. The third-order valence-electron chi connectivity index (χ3n) is 2.43. The van der Waals surface area contributed by atoms with Gasteiger partial charge in [0.1, 0.15) is 0 Å². The van der Waals surface area contributed by atoms with E-state index in [4.69, 9.17) is 5.73 Å². The summed E-state index contributed by atoms with van der Waals surface area (Å²) < 4.78 is 0. The van der Waals surface area contributed by atoms with Crippen molar-refractivity contribution in [1.82, 2.24) is 10.6 Å². The lowest BCUT2D eigenvalue weighted by molar-refractivity contribution is -0.123. The zero-order chi connectivity index (χ0) is 9.84. The topological polar surface area (TPSA) is 67.2 Å². The molecule has 4 heteroatoms. The number of amides is 1. The van der Waals surface area contributed by atoms with Gasteiger partial charge >= 0.3 is 0 Å². The van der Waals surface area contributed by atoms with Gasteiger partial charge < -0.3 is 16.4 Å². The van der Waals surface area contributed by atoms with Crippen LogP contribution >= 0.6 is 0 Å². The molecule has 0 aromatic carbocycles. The first-order chi connectivity index (χ1) is 6.11. The van der Waals surface area contributed by atoms with Crippen LogP contribution in [-0.2, 0) is 4.79 Å². The maximum Gasteiger partial charge on any atom is 0.237 e. The Hall–Kier alpha value is -0.610. The third kappa shape index (κ3) is 2.97. The van der Waals surface area contributed by atoms with Gasteiger partial charge in [0, 0.05) is 12.6 Å². The Kier molecular flexibility index (Phi) is 3.69. The fourth-order valence-corrected chi connectivity index (χ4v) is 1.38. The molecule has 1 aliphatic heterocycles. The first-order valence-electron chi connectivity index (χ1n) is 4.88. The Morgan fingerprint density at radius 1 is 1.62 bits per heavy atom. The van der Waals surface area contributed by atoms with Crippen LogP contribution in [0.2, 0.25) is 0 Å². The highest BCUT2D eigenvalue weighted by Crippen LogP contribution is 2.01. The predicted molar refractivity (Wildman–Crippen MR) is 52.2 cm³/mol. The summed E-state index contributed by atoms with van der Waals surface area (Å²) in [6.45, 7) is 5.77. The Balaban J connectivity index is 2.31. The summed E-state index contributed by atoms with van der Waals surface area (Å²) in [5.41, 5.74) is 5.71. The molecule has 0 aromatic heterocycles. The van der Waals surface area contributed by atoms with Crippen LogP contribution in [0.4, 0.5) is 0 Å². The molecule has 2 atom stereocenters. The van der Waals surface area contributed by atoms with Crippen molar-refractivity contribution in [1.29, 1.82) is 0 Å². The minimum absolute atomic E-state index is 0.0244. The van der Waals surface area contributed by atoms with E-state index in [9.17, 15) is 4.79 Å². The Morgan fingerprint density at radius 2 is 2.31 bits per heavy atom. The van der Waals surface area contributed by atoms with Crippen molar-refractivity contribution in [2.24, 2.45) is 11.7 Å². The molecule has 76 valence electrons. The maximum absolute atomic E-state index is 11.5. The van der Waals surface area contributed by atoms with E-state index in [0.717, 1.165) is 19.5 Å². The van der Waals surface area contributed by atoms with E-state index in [0.29, 0.717) is 0 Å². The highest BCUT2D eigenvalue weighted by Gasteiger charge is 2.22. The van der Waals surface area contributed by atoms with Gasteiger partial charge in [-0.1, -0.05) is 13.8 Å². The van der Waals surface area contributed by atoms with Crippen LogP contribution in [0.15, 0.2) is 0 Å². The van der Waals surface area contributed by atoms with Crippen LogP contribution in [-0.4, -0.2) is 31.1 Å². The number of rotatable bonds is 3. The predicted octanol–water partition coefficient (Wildman–Crippen LogP) is -0.552. The summed E-state index contributed by atoms with van der Waals surface area (Å²) in [4.78, 5) is 11.5. The normalized spacial score (nSPS) is 24.8. The van der Waals surface area contributed by atoms with E-state index in [1.807, 2.05) is 13.8 Å². The lowest BCUT2D eigenvalue weighted by Gasteiger charge is -2.18. The first-order valence-corrected chi connectivity index (χ1v) is 4.88. The molecule has 1 amide bonds. The summed E-state index contributed by atoms with van der Waals surface area (Å²) in [6.07, 6.45) is 1.01. The van der Waals surface area contributed by atoms with E-state index >= 15 is 0 Å². The van der Waals surface area contributed by atoms with Gasteiger partial charge in [0.05, 0.1) is 6.04 Å². The molecule has 0 bridgehead atoms. The number of carbonyl (C=O) groups excluding carboxylic acids is 1. The molecule has 4 N–H and O–H groups in total. The number of hydrogen-bond donors (Lipinski definition) is 3. The molecule has 0 aliphatic carbocycles. The maximum atomic E-state index is 11.5. The number of carbonyl (C=O) groups is 1. The molecule has 1 saturated heterocycles. The second-order valence-electron chi connectivity index (χ2n) is 3.97. The second-order valence-corrected chi connectivity index (χ2v) is 3.97. The van der Waals surface area contributed by atoms with E-state index in [-0.39, 0.29) is 23.9 Å². The summed E-state index contributed by atoms with van der Waals surface area (Å²) in [5, 5.41) is 6.12. The average molecular weight is 185 g/mol. The minimum Gasteiger partial charge on any atom is -0.351 e. The van der Waals surface area contributed by atoms with Crippen molar-refractivity contribution < 1.29 is 4.79 Å². The van der Waals surface area contributed by atoms with Crippen molar-refractivity contribution in [3.8, 4) is 0 Å². The van der Waals surface area contributed by atoms with Crippen molar-refractivity contribution in [3.63, 3.8) is 0 Å². The zero-order valence-corrected chi connectivity index (χ0v) is 8.34. The molecule has 1 fully saturated rings. The molecule has 1 rings (SSSR count). The van der Waals surface area contributed by atoms with Crippen LogP contribution in [0.3, 0.4) is 0 Å². The van der Waals surface area contributed by atoms with Crippen LogP contribution in [0.5, 0.6) is 0 Å². The number of hydrogen-bond acceptors (Lipinski definition) is 3. The molecular weight excluding hydrogens is 166 g/mol. The van der Waals surface area contributed by atoms with E-state index in [1.165, 1.54) is 0 Å². The van der Waals surface area contributed by atoms with Gasteiger partial charge in [-0.25, -0.2) is 0 Å². The molecule has 4 nitrogen and oxygen atoms in total. The largest absolute Gasteiger partial charge is 0.351 e. The standard InChI is InChI=1S/C9H19N3O/c1-6(2)8(10)9(13)12-7-3-4-11-5-7/h6-8,11H,3-5,10H2,1-2H3,(H,12,13)/t7?,8-/m1/s1. The van der Waals surface area contributed by atoms with Gasteiger partial charge in [-0.2, -0.15) is 0 Å². The van der Waals surface area contributed by atoms with E-state index < -0.39 is 0 Å². The zero-order valence-electron chi connectivity index (χ0n) is 8.34. The fraction of sp³-hybridized carbons (Fsp3) is 0.889. The monoisotopic (exact) mass is 185 g/mol. The van der Waals surface area contributed by atoms with Crippen LogP contribution < -0.4 is 16.4 Å². The lowest BCUT2D eigenvalue weighted by atomic mass is 10.0. The second kappa shape index (κ2) is 4.58. The first kappa shape index (κ1) is 10.5. The molecular formula is C9H19N3O. The van der Waals surface area contributed by atoms with Crippen LogP contribution in [0.25, 0.3) is 0 Å². The van der Waals surface area contributed by atoms with Gasteiger partial charge in [-0.3, -0.25) is 4.79 Å². The quantitative estimate of drug-likeness (QED) is 0.552. The van der Waals surface area contributed by atoms with Gasteiger partial charge in [-0.05, 0) is 18.9 Å². The molecule has 13 heavy (non-hydrogen) atoms. The highest BCUT2D eigenvalue weighted by molar-refractivity contribution is 5.82. The van der Waals surface area contributed by atoms with Crippen molar-refractivity contribution >= 4 is 5.91 Å². The number of nitrogens with one attached hydrogen (secondary N) is 2. The molecule has 0 aromatic rings. The van der Waals surface area contributed by atoms with Gasteiger partial charge in [0.25, 0.3) is 0 Å². The molecule has 1 heterocycles. The lowest BCUT2D eigenvalue weighted by Crippen LogP contribution is -2.48. The Bertz CT molecular complexity index is 176. The van der Waals surface area contributed by atoms with E-state index in [1.54, 1.807) is 0 Å². The van der Waals surface area contributed by atoms with Crippen LogP contribution in [0.1, 0.15) is 20.3 Å². The molecule has 1 unspecified atom stereocenters. The minimum atomic E-state index is -0.374. The summed E-state index contributed by atoms with van der Waals surface area (Å²) >= 11 is 0. The van der Waals surface area contributed by atoms with E-state index in [2.05, 4.69) is 10.6 Å². The third-order valence-corrected chi connectivity index (χ3v) is 2.43. The van der Waals surface area contributed by atoms with Gasteiger partial charge in [0.15, 0.2) is 0 Å². The smallest absolute Gasteiger partial charge is 0.237 e. The SMILES string of the molecule is CC(C)[C@@H](N)C(=O)NC1CCNC1. The van der Waals surface area contributed by atoms with Crippen molar-refractivity contribution in [2.75, 3.05) is 13.1 Å². The number of nitrogens with two attached hydrogens (primary N) is 1. The van der Waals surface area contributed by atoms with Gasteiger partial charge in [0.2, 0.25) is 5.91 Å². The fourth-order valence-electron chi connectivity index (χ4n) is 1.38. The summed E-state index contributed by atoms with van der Waals surface area (Å²) in [6, 6.07) is -0.0992. The van der Waals surface area contributed by atoms with Crippen LogP contribution in [0, 0.1) is 5.92 Å². The Morgan fingerprint density at radius 3 is 2.77 bits per heavy atom. The highest BCUT2D eigenvalue weighted by atomic mass is 16.2. The molecule has 1 aliphatic rings.